The van der Waals surface area contributed by atoms with Crippen molar-refractivity contribution in [2.45, 2.75) is 0 Å². The number of ketones is 1. The Morgan fingerprint density at radius 1 is 0.333 bits per heavy atom. The van der Waals surface area contributed by atoms with Crippen LogP contribution in [0.3, 0.4) is 0 Å². The van der Waals surface area contributed by atoms with Gasteiger partial charge in [-0.1, -0.05) is 137 Å². The van der Waals surface area contributed by atoms with Crippen LogP contribution in [0.2, 0.25) is 0 Å². The van der Waals surface area contributed by atoms with Gasteiger partial charge in [-0.15, -0.1) is 0 Å². The maximum Gasteiger partial charge on any atom is 0.194 e. The molecule has 0 N–H and O–H groups in total. The minimum absolute atomic E-state index is 0.0195. The minimum Gasteiger partial charge on any atom is -0.289 e. The fraction of sp³-hybridized carbons (Fsp3) is 0. The summed E-state index contributed by atoms with van der Waals surface area (Å²) in [4.78, 5) is 14.3. The lowest BCUT2D eigenvalue weighted by atomic mass is 9.89. The molecule has 0 heterocycles. The topological polar surface area (TPSA) is 17.1 Å². The van der Waals surface area contributed by atoms with Crippen LogP contribution in [-0.2, 0) is 0 Å². The Morgan fingerprint density at radius 3 is 0.929 bits per heavy atom. The Balaban J connectivity index is 1.37. The predicted molar refractivity (Wildman–Crippen MR) is 189 cm³/mol. The molecule has 6 aromatic rings. The van der Waals surface area contributed by atoms with Crippen molar-refractivity contribution in [3.63, 3.8) is 0 Å². The van der Waals surface area contributed by atoms with Gasteiger partial charge in [-0.3, -0.25) is 4.79 Å². The number of hydrogen-bond donors (Lipinski definition) is 0. The van der Waals surface area contributed by atoms with E-state index in [2.05, 4.69) is 137 Å². The average molecular weight is 802 g/mol. The summed E-state index contributed by atoms with van der Waals surface area (Å²) in [6.45, 7) is 0. The van der Waals surface area contributed by atoms with Crippen LogP contribution >= 0.6 is 63.7 Å². The highest BCUT2D eigenvalue weighted by Gasteiger charge is 2.20. The standard InChI is InChI=1S/C37H22Br4O/c38-29-13-9-25(10-14-29)23-1-5-27(6-2-23)35-21-31(40)17-19-33(35)37(42)34-20-18-32(41)22-36(34)28-7-3-24(4-8-28)26-11-15-30(39)16-12-26/h1-22H. The maximum atomic E-state index is 14.3. The van der Waals surface area contributed by atoms with Gasteiger partial charge in [0.25, 0.3) is 0 Å². The molecule has 0 amide bonds. The van der Waals surface area contributed by atoms with E-state index in [1.807, 2.05) is 60.7 Å². The van der Waals surface area contributed by atoms with Gasteiger partial charge in [-0.2, -0.15) is 0 Å². The van der Waals surface area contributed by atoms with Crippen LogP contribution in [0.5, 0.6) is 0 Å². The number of rotatable bonds is 6. The van der Waals surface area contributed by atoms with E-state index in [1.165, 1.54) is 0 Å². The second-order valence-corrected chi connectivity index (χ2v) is 13.5. The average Bonchev–Trinajstić information content (AvgIpc) is 3.02. The first-order chi connectivity index (χ1) is 20.4. The largest absolute Gasteiger partial charge is 0.289 e. The smallest absolute Gasteiger partial charge is 0.194 e. The lowest BCUT2D eigenvalue weighted by Crippen LogP contribution is -2.06. The Bertz CT molecular complexity index is 1750. The van der Waals surface area contributed by atoms with Gasteiger partial charge >= 0.3 is 0 Å². The molecule has 0 aliphatic carbocycles. The molecule has 0 bridgehead atoms. The maximum absolute atomic E-state index is 14.3. The molecule has 5 heteroatoms. The highest BCUT2D eigenvalue weighted by Crippen LogP contribution is 2.35. The molecule has 0 saturated carbocycles. The van der Waals surface area contributed by atoms with Crippen molar-refractivity contribution in [1.29, 1.82) is 0 Å². The van der Waals surface area contributed by atoms with Crippen molar-refractivity contribution < 1.29 is 4.79 Å². The summed E-state index contributed by atoms with van der Waals surface area (Å²) >= 11 is 14.3. The summed E-state index contributed by atoms with van der Waals surface area (Å²) in [5, 5.41) is 0. The quantitative estimate of drug-likeness (QED) is 0.153. The number of hydrogen-bond acceptors (Lipinski definition) is 1. The van der Waals surface area contributed by atoms with Gasteiger partial charge in [0.15, 0.2) is 5.78 Å². The molecule has 0 aliphatic heterocycles. The van der Waals surface area contributed by atoms with Gasteiger partial charge in [-0.05, 0) is 105 Å². The van der Waals surface area contributed by atoms with Crippen LogP contribution in [0.15, 0.2) is 151 Å². The normalized spacial score (nSPS) is 11.0. The Labute approximate surface area is 279 Å². The summed E-state index contributed by atoms with van der Waals surface area (Å²) in [5.41, 5.74) is 9.58. The second-order valence-electron chi connectivity index (χ2n) is 9.88. The van der Waals surface area contributed by atoms with E-state index >= 15 is 0 Å². The van der Waals surface area contributed by atoms with Gasteiger partial charge < -0.3 is 0 Å². The lowest BCUT2D eigenvalue weighted by Gasteiger charge is -2.14. The molecule has 0 aliphatic rings. The first kappa shape index (κ1) is 29.0. The van der Waals surface area contributed by atoms with Crippen LogP contribution < -0.4 is 0 Å². The molecule has 0 fully saturated rings. The third kappa shape index (κ3) is 6.30. The summed E-state index contributed by atoms with van der Waals surface area (Å²) in [6, 6.07) is 45.0. The van der Waals surface area contributed by atoms with Gasteiger partial charge in [0.2, 0.25) is 0 Å². The van der Waals surface area contributed by atoms with Crippen molar-refractivity contribution in [3.8, 4) is 44.5 Å². The number of halogens is 4. The van der Waals surface area contributed by atoms with Crippen LogP contribution in [0, 0.1) is 0 Å². The first-order valence-electron chi connectivity index (χ1n) is 13.2. The zero-order chi connectivity index (χ0) is 29.2. The van der Waals surface area contributed by atoms with E-state index in [-0.39, 0.29) is 5.78 Å². The van der Waals surface area contributed by atoms with Gasteiger partial charge in [0.1, 0.15) is 0 Å². The molecule has 0 unspecified atom stereocenters. The van der Waals surface area contributed by atoms with Crippen molar-refractivity contribution in [1.82, 2.24) is 0 Å². The van der Waals surface area contributed by atoms with Crippen LogP contribution in [0.4, 0.5) is 0 Å². The molecule has 42 heavy (non-hydrogen) atoms. The molecule has 0 spiro atoms. The summed E-state index contributed by atoms with van der Waals surface area (Å²) in [6.07, 6.45) is 0. The summed E-state index contributed by atoms with van der Waals surface area (Å²) in [7, 11) is 0. The summed E-state index contributed by atoms with van der Waals surface area (Å²) < 4.78 is 3.94. The fourth-order valence-corrected chi connectivity index (χ4v) is 6.27. The Hall–Kier alpha value is -3.09. The van der Waals surface area contributed by atoms with Crippen molar-refractivity contribution in [3.05, 3.63) is 162 Å². The van der Waals surface area contributed by atoms with Gasteiger partial charge in [0, 0.05) is 29.0 Å². The van der Waals surface area contributed by atoms with E-state index < -0.39 is 0 Å². The van der Waals surface area contributed by atoms with Crippen LogP contribution in [0.25, 0.3) is 44.5 Å². The van der Waals surface area contributed by atoms with E-state index in [0.717, 1.165) is 62.4 Å². The molecule has 204 valence electrons. The monoisotopic (exact) mass is 798 g/mol. The van der Waals surface area contributed by atoms with Crippen molar-refractivity contribution in [2.24, 2.45) is 0 Å². The molecule has 0 saturated heterocycles. The number of carbonyl (C=O) groups is 1. The van der Waals surface area contributed by atoms with E-state index in [0.29, 0.717) is 11.1 Å². The molecule has 0 aromatic heterocycles. The van der Waals surface area contributed by atoms with E-state index in [9.17, 15) is 4.79 Å². The molecular weight excluding hydrogens is 780 g/mol. The number of carbonyl (C=O) groups excluding carboxylic acids is 1. The molecule has 6 rings (SSSR count). The molecule has 0 atom stereocenters. The van der Waals surface area contributed by atoms with Crippen molar-refractivity contribution >= 4 is 69.5 Å². The first-order valence-corrected chi connectivity index (χ1v) is 16.4. The minimum atomic E-state index is -0.0195. The highest BCUT2D eigenvalue weighted by atomic mass is 79.9. The van der Waals surface area contributed by atoms with Gasteiger partial charge in [-0.25, -0.2) is 0 Å². The Kier molecular flexibility index (Phi) is 8.73. The van der Waals surface area contributed by atoms with Crippen molar-refractivity contribution in [2.75, 3.05) is 0 Å². The fourth-order valence-electron chi connectivity index (χ4n) is 5.02. The number of benzene rings is 6. The van der Waals surface area contributed by atoms with Crippen LogP contribution in [0.1, 0.15) is 15.9 Å². The molecule has 0 radical (unpaired) electrons. The Morgan fingerprint density at radius 2 is 0.595 bits per heavy atom. The SMILES string of the molecule is O=C(c1ccc(Br)cc1-c1ccc(-c2ccc(Br)cc2)cc1)c1ccc(Br)cc1-c1ccc(-c2ccc(Br)cc2)cc1. The van der Waals surface area contributed by atoms with E-state index in [1.54, 1.807) is 0 Å². The van der Waals surface area contributed by atoms with Crippen LogP contribution in [-0.4, -0.2) is 5.78 Å². The molecule has 1 nitrogen and oxygen atoms in total. The highest BCUT2D eigenvalue weighted by molar-refractivity contribution is 9.11. The molecule has 6 aromatic carbocycles. The third-order valence-corrected chi connectivity index (χ3v) is 9.24. The van der Waals surface area contributed by atoms with Gasteiger partial charge in [0.05, 0.1) is 0 Å². The second kappa shape index (κ2) is 12.6. The predicted octanol–water partition coefficient (Wildman–Crippen LogP) is 12.6. The zero-order valence-corrected chi connectivity index (χ0v) is 28.5. The summed E-state index contributed by atoms with van der Waals surface area (Å²) in [5.74, 6) is -0.0195. The lowest BCUT2D eigenvalue weighted by molar-refractivity contribution is 0.104. The third-order valence-electron chi connectivity index (χ3n) is 7.20. The van der Waals surface area contributed by atoms with E-state index in [4.69, 9.17) is 0 Å². The molecular formula is C37H22Br4O. The zero-order valence-electron chi connectivity index (χ0n) is 22.1.